The number of benzene rings is 1. The fourth-order valence-corrected chi connectivity index (χ4v) is 2.77. The molecule has 100 valence electrons. The highest BCUT2D eigenvalue weighted by atomic mass is 19.1. The molecule has 1 aliphatic rings. The first-order chi connectivity index (χ1) is 8.54. The van der Waals surface area contributed by atoms with E-state index in [1.165, 1.54) is 0 Å². The van der Waals surface area contributed by atoms with Gasteiger partial charge in [0.1, 0.15) is 5.82 Å². The second-order valence-electron chi connectivity index (χ2n) is 5.02. The molecule has 0 saturated carbocycles. The van der Waals surface area contributed by atoms with Gasteiger partial charge < -0.3 is 15.6 Å². The van der Waals surface area contributed by atoms with Crippen LogP contribution in [0.25, 0.3) is 0 Å². The zero-order chi connectivity index (χ0) is 13.3. The largest absolute Gasteiger partial charge is 0.396 e. The van der Waals surface area contributed by atoms with Gasteiger partial charge in [0.15, 0.2) is 0 Å². The van der Waals surface area contributed by atoms with Gasteiger partial charge in [-0.2, -0.15) is 0 Å². The maximum absolute atomic E-state index is 14.2. The molecule has 3 atom stereocenters. The Hall–Kier alpha value is -0.970. The molecule has 0 unspecified atom stereocenters. The summed E-state index contributed by atoms with van der Waals surface area (Å²) in [5, 5.41) is 9.54. The van der Waals surface area contributed by atoms with Crippen LogP contribution in [0.4, 0.5) is 4.39 Å². The second-order valence-corrected chi connectivity index (χ2v) is 5.02. The summed E-state index contributed by atoms with van der Waals surface area (Å²) >= 11 is 0. The summed E-state index contributed by atoms with van der Waals surface area (Å²) in [7, 11) is 0. The van der Waals surface area contributed by atoms with E-state index in [1.807, 2.05) is 6.92 Å². The van der Waals surface area contributed by atoms with Crippen LogP contribution in [0.1, 0.15) is 24.5 Å². The molecule has 0 spiro atoms. The zero-order valence-corrected chi connectivity index (χ0v) is 10.8. The molecular weight excluding hydrogens is 233 g/mol. The number of nitrogens with two attached hydrogens (primary N) is 1. The van der Waals surface area contributed by atoms with Crippen molar-refractivity contribution in [2.75, 3.05) is 13.2 Å². The van der Waals surface area contributed by atoms with Crippen molar-refractivity contribution in [3.8, 4) is 0 Å². The third kappa shape index (κ3) is 1.94. The van der Waals surface area contributed by atoms with E-state index in [2.05, 4.69) is 0 Å². The van der Waals surface area contributed by atoms with Crippen molar-refractivity contribution >= 4 is 0 Å². The first-order valence-corrected chi connectivity index (χ1v) is 6.31. The van der Waals surface area contributed by atoms with E-state index in [4.69, 9.17) is 10.5 Å². The molecule has 3 nitrogen and oxygen atoms in total. The number of halogens is 1. The lowest BCUT2D eigenvalue weighted by Crippen LogP contribution is -2.47. The number of aliphatic hydroxyl groups is 1. The van der Waals surface area contributed by atoms with Gasteiger partial charge in [0.25, 0.3) is 0 Å². The Morgan fingerprint density at radius 3 is 2.89 bits per heavy atom. The molecule has 3 N–H and O–H groups in total. The van der Waals surface area contributed by atoms with Gasteiger partial charge in [-0.1, -0.05) is 25.1 Å². The lowest BCUT2D eigenvalue weighted by molar-refractivity contribution is 0.0693. The lowest BCUT2D eigenvalue weighted by Gasteiger charge is -2.31. The van der Waals surface area contributed by atoms with Gasteiger partial charge in [0.05, 0.1) is 24.9 Å². The third-order valence-corrected chi connectivity index (χ3v) is 3.94. The van der Waals surface area contributed by atoms with Gasteiger partial charge in [-0.05, 0) is 18.9 Å². The molecule has 1 aromatic carbocycles. The van der Waals surface area contributed by atoms with Crippen LogP contribution in [0.3, 0.4) is 0 Å². The Bertz CT molecular complexity index is 438. The summed E-state index contributed by atoms with van der Waals surface area (Å²) in [6.45, 7) is 3.84. The fraction of sp³-hybridized carbons (Fsp3) is 0.571. The maximum Gasteiger partial charge on any atom is 0.131 e. The molecule has 2 rings (SSSR count). The highest BCUT2D eigenvalue weighted by Gasteiger charge is 2.48. The molecule has 0 radical (unpaired) electrons. The van der Waals surface area contributed by atoms with Crippen molar-refractivity contribution in [2.24, 2.45) is 11.7 Å². The number of hydrogen-bond donors (Lipinski definition) is 2. The molecule has 0 aliphatic carbocycles. The van der Waals surface area contributed by atoms with E-state index in [0.29, 0.717) is 11.1 Å². The molecule has 1 aliphatic heterocycles. The molecule has 1 heterocycles. The molecule has 0 aromatic heterocycles. The summed E-state index contributed by atoms with van der Waals surface area (Å²) in [5.41, 5.74) is 6.41. The maximum atomic E-state index is 14.2. The molecule has 1 aromatic rings. The van der Waals surface area contributed by atoms with Crippen molar-refractivity contribution in [2.45, 2.75) is 31.9 Å². The van der Waals surface area contributed by atoms with Crippen LogP contribution >= 0.6 is 0 Å². The van der Waals surface area contributed by atoms with Gasteiger partial charge in [-0.25, -0.2) is 4.39 Å². The summed E-state index contributed by atoms with van der Waals surface area (Å²) in [6, 6.07) is 5.19. The molecule has 0 bridgehead atoms. The summed E-state index contributed by atoms with van der Waals surface area (Å²) in [4.78, 5) is 0. The highest BCUT2D eigenvalue weighted by Crippen LogP contribution is 2.39. The van der Waals surface area contributed by atoms with Crippen LogP contribution in [0.15, 0.2) is 18.2 Å². The van der Waals surface area contributed by atoms with E-state index in [-0.39, 0.29) is 31.1 Å². The monoisotopic (exact) mass is 253 g/mol. The first-order valence-electron chi connectivity index (χ1n) is 6.31. The number of aliphatic hydroxyl groups excluding tert-OH is 1. The van der Waals surface area contributed by atoms with Crippen LogP contribution < -0.4 is 5.73 Å². The van der Waals surface area contributed by atoms with Crippen LogP contribution in [0, 0.1) is 18.7 Å². The van der Waals surface area contributed by atoms with Crippen molar-refractivity contribution in [3.05, 3.63) is 35.1 Å². The zero-order valence-electron chi connectivity index (χ0n) is 10.8. The second kappa shape index (κ2) is 4.96. The Labute approximate surface area is 107 Å². The molecule has 1 fully saturated rings. The quantitative estimate of drug-likeness (QED) is 0.862. The number of ether oxygens (including phenoxy) is 1. The summed E-state index contributed by atoms with van der Waals surface area (Å²) < 4.78 is 19.8. The SMILES string of the molecule is CC[C@H]1OC[C@@](N)(c2cccc(C)c2F)[C@@H]1CO. The highest BCUT2D eigenvalue weighted by molar-refractivity contribution is 5.33. The Kier molecular flexibility index (Phi) is 3.71. The predicted molar refractivity (Wildman–Crippen MR) is 67.6 cm³/mol. The van der Waals surface area contributed by atoms with Gasteiger partial charge in [0, 0.05) is 11.5 Å². The van der Waals surface area contributed by atoms with Gasteiger partial charge in [0.2, 0.25) is 0 Å². The molecular formula is C14H20FNO2. The van der Waals surface area contributed by atoms with Gasteiger partial charge >= 0.3 is 0 Å². The van der Waals surface area contributed by atoms with Crippen molar-refractivity contribution < 1.29 is 14.2 Å². The standard InChI is InChI=1S/C14H20FNO2/c1-3-12-11(7-17)14(16,8-18-12)10-6-4-5-9(2)13(10)15/h4-6,11-12,17H,3,7-8,16H2,1-2H3/t11-,12-,14-/m1/s1. The Morgan fingerprint density at radius 2 is 2.28 bits per heavy atom. The number of hydrogen-bond acceptors (Lipinski definition) is 3. The first kappa shape index (κ1) is 13.5. The lowest BCUT2D eigenvalue weighted by atomic mass is 9.78. The minimum atomic E-state index is -0.939. The Morgan fingerprint density at radius 1 is 1.56 bits per heavy atom. The van der Waals surface area contributed by atoms with Crippen molar-refractivity contribution in [3.63, 3.8) is 0 Å². The van der Waals surface area contributed by atoms with E-state index in [9.17, 15) is 9.50 Å². The average Bonchev–Trinajstić information content (AvgIpc) is 2.70. The Balaban J connectivity index is 2.45. The van der Waals surface area contributed by atoms with Crippen LogP contribution in [-0.2, 0) is 10.3 Å². The minimum absolute atomic E-state index is 0.0949. The van der Waals surface area contributed by atoms with E-state index >= 15 is 0 Å². The molecule has 0 amide bonds. The van der Waals surface area contributed by atoms with Crippen molar-refractivity contribution in [1.82, 2.24) is 0 Å². The summed E-state index contributed by atoms with van der Waals surface area (Å²) in [6.07, 6.45) is 0.650. The minimum Gasteiger partial charge on any atom is -0.396 e. The normalized spacial score (nSPS) is 31.8. The van der Waals surface area contributed by atoms with E-state index < -0.39 is 5.54 Å². The van der Waals surface area contributed by atoms with E-state index in [0.717, 1.165) is 6.42 Å². The molecule has 18 heavy (non-hydrogen) atoms. The predicted octanol–water partition coefficient (Wildman–Crippen LogP) is 1.71. The number of aryl methyl sites for hydroxylation is 1. The number of rotatable bonds is 3. The molecule has 4 heteroatoms. The molecule has 1 saturated heterocycles. The van der Waals surface area contributed by atoms with Crippen LogP contribution in [0.2, 0.25) is 0 Å². The van der Waals surface area contributed by atoms with Gasteiger partial charge in [-0.15, -0.1) is 0 Å². The topological polar surface area (TPSA) is 55.5 Å². The van der Waals surface area contributed by atoms with Crippen molar-refractivity contribution in [1.29, 1.82) is 0 Å². The fourth-order valence-electron chi connectivity index (χ4n) is 2.77. The average molecular weight is 253 g/mol. The smallest absolute Gasteiger partial charge is 0.131 e. The van der Waals surface area contributed by atoms with Crippen LogP contribution in [0.5, 0.6) is 0 Å². The van der Waals surface area contributed by atoms with Crippen LogP contribution in [-0.4, -0.2) is 24.4 Å². The van der Waals surface area contributed by atoms with E-state index in [1.54, 1.807) is 25.1 Å². The third-order valence-electron chi connectivity index (χ3n) is 3.94. The van der Waals surface area contributed by atoms with Gasteiger partial charge in [-0.3, -0.25) is 0 Å². The summed E-state index contributed by atoms with van der Waals surface area (Å²) in [5.74, 6) is -0.558.